The van der Waals surface area contributed by atoms with Gasteiger partial charge in [-0.05, 0) is 49.1 Å². The van der Waals surface area contributed by atoms with Gasteiger partial charge in [0, 0.05) is 24.6 Å². The Morgan fingerprint density at radius 3 is 2.42 bits per heavy atom. The summed E-state index contributed by atoms with van der Waals surface area (Å²) < 4.78 is 42.0. The van der Waals surface area contributed by atoms with Gasteiger partial charge in [-0.15, -0.1) is 13.2 Å². The molecule has 128 valence electrons. The van der Waals surface area contributed by atoms with Crippen LogP contribution < -0.4 is 15.4 Å². The van der Waals surface area contributed by atoms with Gasteiger partial charge in [-0.2, -0.15) is 0 Å². The molecule has 0 spiro atoms. The lowest BCUT2D eigenvalue weighted by atomic mass is 10.3. The van der Waals surface area contributed by atoms with Crippen LogP contribution >= 0.6 is 0 Å². The topological polar surface area (TPSA) is 55.3 Å². The molecule has 1 aromatic carbocycles. The Morgan fingerprint density at radius 1 is 1.12 bits per heavy atom. The highest BCUT2D eigenvalue weighted by Gasteiger charge is 2.30. The van der Waals surface area contributed by atoms with E-state index in [2.05, 4.69) is 15.4 Å². The Morgan fingerprint density at radius 2 is 1.79 bits per heavy atom. The molecule has 3 rings (SSSR count). The largest absolute Gasteiger partial charge is 0.573 e. The van der Waals surface area contributed by atoms with Crippen molar-refractivity contribution < 1.29 is 22.7 Å². The summed E-state index contributed by atoms with van der Waals surface area (Å²) >= 11 is 0. The number of hydrogen-bond donors (Lipinski definition) is 2. The number of nitrogens with one attached hydrogen (secondary N) is 2. The SMILES string of the molecule is O=C(Nc1ccc(OC(F)(F)F)cc1)Nc1ccn(CC2CC2)c1. The van der Waals surface area contributed by atoms with Crippen molar-refractivity contribution >= 4 is 17.4 Å². The van der Waals surface area contributed by atoms with E-state index in [0.717, 1.165) is 24.6 Å². The molecule has 2 amide bonds. The molecular formula is C16H16F3N3O2. The smallest absolute Gasteiger partial charge is 0.406 e. The number of carbonyl (C=O) groups excluding carboxylic acids is 1. The number of anilines is 2. The maximum atomic E-state index is 12.1. The van der Waals surface area contributed by atoms with Crippen LogP contribution in [0.15, 0.2) is 42.7 Å². The van der Waals surface area contributed by atoms with Crippen molar-refractivity contribution in [2.45, 2.75) is 25.7 Å². The van der Waals surface area contributed by atoms with Crippen LogP contribution in [0, 0.1) is 5.92 Å². The van der Waals surface area contributed by atoms with Crippen molar-refractivity contribution in [1.82, 2.24) is 4.57 Å². The van der Waals surface area contributed by atoms with E-state index >= 15 is 0 Å². The van der Waals surface area contributed by atoms with Crippen LogP contribution in [0.25, 0.3) is 0 Å². The van der Waals surface area contributed by atoms with Crippen LogP contribution in [0.1, 0.15) is 12.8 Å². The average molecular weight is 339 g/mol. The molecule has 5 nitrogen and oxygen atoms in total. The molecule has 0 radical (unpaired) electrons. The van der Waals surface area contributed by atoms with Crippen LogP contribution in [0.2, 0.25) is 0 Å². The maximum absolute atomic E-state index is 12.1. The first-order valence-electron chi connectivity index (χ1n) is 7.47. The van der Waals surface area contributed by atoms with Crippen molar-refractivity contribution in [3.63, 3.8) is 0 Å². The number of rotatable bonds is 5. The van der Waals surface area contributed by atoms with E-state index in [0.29, 0.717) is 11.4 Å². The summed E-state index contributed by atoms with van der Waals surface area (Å²) in [5, 5.41) is 5.22. The van der Waals surface area contributed by atoms with Crippen LogP contribution in [0.3, 0.4) is 0 Å². The van der Waals surface area contributed by atoms with Crippen LogP contribution in [0.5, 0.6) is 5.75 Å². The van der Waals surface area contributed by atoms with E-state index in [-0.39, 0.29) is 5.75 Å². The second kappa shape index (κ2) is 6.46. The summed E-state index contributed by atoms with van der Waals surface area (Å²) in [6.45, 7) is 0.948. The molecular weight excluding hydrogens is 323 g/mol. The predicted molar refractivity (Wildman–Crippen MR) is 82.9 cm³/mol. The fourth-order valence-electron chi connectivity index (χ4n) is 2.26. The minimum absolute atomic E-state index is 0.342. The van der Waals surface area contributed by atoms with E-state index in [1.54, 1.807) is 6.07 Å². The van der Waals surface area contributed by atoms with E-state index < -0.39 is 12.4 Å². The highest BCUT2D eigenvalue weighted by atomic mass is 19.4. The zero-order valence-electron chi connectivity index (χ0n) is 12.6. The fourth-order valence-corrected chi connectivity index (χ4v) is 2.26. The van der Waals surface area contributed by atoms with Gasteiger partial charge in [-0.25, -0.2) is 4.79 Å². The third kappa shape index (κ3) is 4.94. The first-order chi connectivity index (χ1) is 11.4. The zero-order valence-corrected chi connectivity index (χ0v) is 12.6. The molecule has 0 unspecified atom stereocenters. The molecule has 24 heavy (non-hydrogen) atoms. The van der Waals surface area contributed by atoms with E-state index in [9.17, 15) is 18.0 Å². The molecule has 2 aromatic rings. The molecule has 1 aromatic heterocycles. The second-order valence-electron chi connectivity index (χ2n) is 5.69. The van der Waals surface area contributed by atoms with E-state index in [1.165, 1.54) is 25.0 Å². The molecule has 1 saturated carbocycles. The predicted octanol–water partition coefficient (Wildman–Crippen LogP) is 4.44. The minimum atomic E-state index is -4.74. The monoisotopic (exact) mass is 339 g/mol. The van der Waals surface area contributed by atoms with Crippen molar-refractivity contribution in [2.24, 2.45) is 5.92 Å². The number of urea groups is 1. The molecule has 8 heteroatoms. The Labute approximate surface area is 136 Å². The molecule has 0 bridgehead atoms. The third-order valence-electron chi connectivity index (χ3n) is 3.52. The van der Waals surface area contributed by atoms with Crippen molar-refractivity contribution in [3.05, 3.63) is 42.7 Å². The van der Waals surface area contributed by atoms with Crippen molar-refractivity contribution in [3.8, 4) is 5.75 Å². The van der Waals surface area contributed by atoms with Gasteiger partial charge in [0.2, 0.25) is 0 Å². The number of hydrogen-bond acceptors (Lipinski definition) is 2. The maximum Gasteiger partial charge on any atom is 0.573 e. The second-order valence-corrected chi connectivity index (χ2v) is 5.69. The number of halogens is 3. The van der Waals surface area contributed by atoms with Crippen molar-refractivity contribution in [2.75, 3.05) is 10.6 Å². The molecule has 1 aliphatic carbocycles. The van der Waals surface area contributed by atoms with Gasteiger partial charge in [-0.3, -0.25) is 0 Å². The van der Waals surface area contributed by atoms with Gasteiger partial charge in [0.05, 0.1) is 5.69 Å². The highest BCUT2D eigenvalue weighted by Crippen LogP contribution is 2.31. The molecule has 1 aliphatic rings. The first-order valence-corrected chi connectivity index (χ1v) is 7.47. The number of aromatic nitrogens is 1. The van der Waals surface area contributed by atoms with E-state index in [1.807, 2.05) is 17.0 Å². The van der Waals surface area contributed by atoms with E-state index in [4.69, 9.17) is 0 Å². The Balaban J connectivity index is 1.51. The quantitative estimate of drug-likeness (QED) is 0.846. The number of carbonyl (C=O) groups is 1. The number of benzene rings is 1. The van der Waals surface area contributed by atoms with Gasteiger partial charge in [0.1, 0.15) is 5.75 Å². The number of ether oxygens (including phenoxy) is 1. The first kappa shape index (κ1) is 16.2. The summed E-state index contributed by atoms with van der Waals surface area (Å²) in [5.74, 6) is 0.391. The Kier molecular flexibility index (Phi) is 4.37. The number of alkyl halides is 3. The van der Waals surface area contributed by atoms with Gasteiger partial charge >= 0.3 is 12.4 Å². The summed E-state index contributed by atoms with van der Waals surface area (Å²) in [6, 6.07) is 6.26. The average Bonchev–Trinajstić information content (AvgIpc) is 3.19. The number of nitrogens with zero attached hydrogens (tertiary/aromatic N) is 1. The normalized spacial score (nSPS) is 14.3. The van der Waals surface area contributed by atoms with Gasteiger partial charge < -0.3 is 19.9 Å². The van der Waals surface area contributed by atoms with Crippen LogP contribution in [0.4, 0.5) is 29.3 Å². The Bertz CT molecular complexity index is 706. The lowest BCUT2D eigenvalue weighted by molar-refractivity contribution is -0.274. The number of amides is 2. The van der Waals surface area contributed by atoms with Gasteiger partial charge in [0.25, 0.3) is 0 Å². The molecule has 2 N–H and O–H groups in total. The van der Waals surface area contributed by atoms with Gasteiger partial charge in [0.15, 0.2) is 0 Å². The minimum Gasteiger partial charge on any atom is -0.406 e. The van der Waals surface area contributed by atoms with Crippen LogP contribution in [-0.2, 0) is 6.54 Å². The van der Waals surface area contributed by atoms with Gasteiger partial charge in [-0.1, -0.05) is 0 Å². The summed E-state index contributed by atoms with van der Waals surface area (Å²) in [6.07, 6.45) is 1.50. The summed E-state index contributed by atoms with van der Waals surface area (Å²) in [4.78, 5) is 11.9. The Hall–Kier alpha value is -2.64. The lowest BCUT2D eigenvalue weighted by Crippen LogP contribution is -2.19. The molecule has 1 fully saturated rings. The lowest BCUT2D eigenvalue weighted by Gasteiger charge is -2.10. The standard InChI is InChI=1S/C16H16F3N3O2/c17-16(18,19)24-14-5-3-12(4-6-14)20-15(23)21-13-7-8-22(10-13)9-11-1-2-11/h3-8,10-11H,1-2,9H2,(H2,20,21,23). The molecule has 0 saturated heterocycles. The zero-order chi connectivity index (χ0) is 17.2. The molecule has 1 heterocycles. The summed E-state index contributed by atoms with van der Waals surface area (Å²) in [7, 11) is 0. The fraction of sp³-hybridized carbons (Fsp3) is 0.312. The van der Waals surface area contributed by atoms with Crippen LogP contribution in [-0.4, -0.2) is 17.0 Å². The molecule has 0 atom stereocenters. The van der Waals surface area contributed by atoms with Crippen molar-refractivity contribution in [1.29, 1.82) is 0 Å². The third-order valence-corrected chi connectivity index (χ3v) is 3.52. The molecule has 0 aliphatic heterocycles. The summed E-state index contributed by atoms with van der Waals surface area (Å²) in [5.41, 5.74) is 1.02. The highest BCUT2D eigenvalue weighted by molar-refractivity contribution is 5.99.